The minimum absolute atomic E-state index is 0.0230. The minimum Gasteiger partial charge on any atom is -0.394 e. The topological polar surface area (TPSA) is 49.3 Å². The molecular formula is C17H27NO2. The fraction of sp³-hybridized carbons (Fsp3) is 0.588. The highest BCUT2D eigenvalue weighted by atomic mass is 16.3. The summed E-state index contributed by atoms with van der Waals surface area (Å²) >= 11 is 0. The molecule has 112 valence electrons. The van der Waals surface area contributed by atoms with Gasteiger partial charge in [-0.1, -0.05) is 57.0 Å². The maximum atomic E-state index is 12.2. The molecular weight excluding hydrogens is 250 g/mol. The van der Waals surface area contributed by atoms with Crippen molar-refractivity contribution in [3.63, 3.8) is 0 Å². The highest BCUT2D eigenvalue weighted by Crippen LogP contribution is 2.13. The van der Waals surface area contributed by atoms with Crippen LogP contribution < -0.4 is 5.32 Å². The lowest BCUT2D eigenvalue weighted by Crippen LogP contribution is -2.42. The fourth-order valence-corrected chi connectivity index (χ4v) is 2.35. The minimum atomic E-state index is -0.194. The SMILES string of the molecule is CCCCC(CC)C(=O)NC(CO)Cc1ccccc1. The van der Waals surface area contributed by atoms with Crippen LogP contribution in [0.15, 0.2) is 30.3 Å². The van der Waals surface area contributed by atoms with Crippen LogP contribution in [0.1, 0.15) is 45.1 Å². The Balaban J connectivity index is 2.52. The van der Waals surface area contributed by atoms with Gasteiger partial charge in [-0.2, -0.15) is 0 Å². The summed E-state index contributed by atoms with van der Waals surface area (Å²) in [6.07, 6.45) is 4.65. The van der Waals surface area contributed by atoms with Gasteiger partial charge in [-0.25, -0.2) is 0 Å². The molecule has 2 unspecified atom stereocenters. The molecule has 1 amide bonds. The second-order valence-electron chi connectivity index (χ2n) is 5.33. The first kappa shape index (κ1) is 16.7. The average molecular weight is 277 g/mol. The van der Waals surface area contributed by atoms with Crippen molar-refractivity contribution in [1.29, 1.82) is 0 Å². The molecule has 2 atom stereocenters. The first-order chi connectivity index (χ1) is 9.71. The van der Waals surface area contributed by atoms with Crippen molar-refractivity contribution in [2.24, 2.45) is 5.92 Å². The second-order valence-corrected chi connectivity index (χ2v) is 5.33. The molecule has 1 aromatic rings. The summed E-state index contributed by atoms with van der Waals surface area (Å²) in [4.78, 5) is 12.2. The van der Waals surface area contributed by atoms with Crippen LogP contribution in [0, 0.1) is 5.92 Å². The van der Waals surface area contributed by atoms with Crippen molar-refractivity contribution in [1.82, 2.24) is 5.32 Å². The summed E-state index contributed by atoms with van der Waals surface area (Å²) in [5.41, 5.74) is 1.13. The Morgan fingerprint density at radius 3 is 2.50 bits per heavy atom. The van der Waals surface area contributed by atoms with Crippen LogP contribution in [0.4, 0.5) is 0 Å². The van der Waals surface area contributed by atoms with Crippen molar-refractivity contribution >= 4 is 5.91 Å². The summed E-state index contributed by atoms with van der Waals surface area (Å²) < 4.78 is 0. The van der Waals surface area contributed by atoms with E-state index in [1.807, 2.05) is 37.3 Å². The highest BCUT2D eigenvalue weighted by molar-refractivity contribution is 5.78. The lowest BCUT2D eigenvalue weighted by molar-refractivity contribution is -0.126. The molecule has 0 aliphatic carbocycles. The molecule has 2 N–H and O–H groups in total. The van der Waals surface area contributed by atoms with Gasteiger partial charge in [0.2, 0.25) is 5.91 Å². The lowest BCUT2D eigenvalue weighted by Gasteiger charge is -2.20. The number of hydrogen-bond donors (Lipinski definition) is 2. The summed E-state index contributed by atoms with van der Waals surface area (Å²) in [6, 6.07) is 9.75. The summed E-state index contributed by atoms with van der Waals surface area (Å²) in [5.74, 6) is 0.149. The molecule has 3 heteroatoms. The van der Waals surface area contributed by atoms with Gasteiger partial charge >= 0.3 is 0 Å². The Kier molecular flexibility index (Phi) is 7.97. The van der Waals surface area contributed by atoms with Gasteiger partial charge in [-0.05, 0) is 24.8 Å². The van der Waals surface area contributed by atoms with Crippen LogP contribution in [-0.2, 0) is 11.2 Å². The summed E-state index contributed by atoms with van der Waals surface area (Å²) in [6.45, 7) is 4.16. The molecule has 0 heterocycles. The lowest BCUT2D eigenvalue weighted by atomic mass is 9.97. The maximum Gasteiger partial charge on any atom is 0.223 e. The van der Waals surface area contributed by atoms with Gasteiger partial charge in [-0.3, -0.25) is 4.79 Å². The first-order valence-corrected chi connectivity index (χ1v) is 7.66. The number of nitrogens with one attached hydrogen (secondary N) is 1. The van der Waals surface area contributed by atoms with E-state index in [1.54, 1.807) is 0 Å². The Morgan fingerprint density at radius 1 is 1.25 bits per heavy atom. The molecule has 0 saturated heterocycles. The van der Waals surface area contributed by atoms with Gasteiger partial charge in [0.25, 0.3) is 0 Å². The van der Waals surface area contributed by atoms with Gasteiger partial charge in [0.15, 0.2) is 0 Å². The molecule has 3 nitrogen and oxygen atoms in total. The molecule has 1 rings (SSSR count). The third-order valence-corrected chi connectivity index (χ3v) is 3.66. The van der Waals surface area contributed by atoms with Crippen LogP contribution in [0.25, 0.3) is 0 Å². The molecule has 0 radical (unpaired) electrons. The predicted octanol–water partition coefficient (Wildman–Crippen LogP) is 2.92. The van der Waals surface area contributed by atoms with Gasteiger partial charge < -0.3 is 10.4 Å². The van der Waals surface area contributed by atoms with E-state index in [0.717, 1.165) is 31.2 Å². The summed E-state index contributed by atoms with van der Waals surface area (Å²) in [5, 5.41) is 12.4. The van der Waals surface area contributed by atoms with E-state index in [9.17, 15) is 9.90 Å². The maximum absolute atomic E-state index is 12.2. The van der Waals surface area contributed by atoms with Crippen molar-refractivity contribution < 1.29 is 9.90 Å². The number of carbonyl (C=O) groups is 1. The quantitative estimate of drug-likeness (QED) is 0.729. The van der Waals surface area contributed by atoms with Gasteiger partial charge in [-0.15, -0.1) is 0 Å². The number of amides is 1. The molecule has 0 saturated carbocycles. The zero-order chi connectivity index (χ0) is 14.8. The van der Waals surface area contributed by atoms with E-state index in [1.165, 1.54) is 0 Å². The normalized spacial score (nSPS) is 13.8. The number of unbranched alkanes of at least 4 members (excludes halogenated alkanes) is 1. The number of rotatable bonds is 9. The van der Waals surface area contributed by atoms with Crippen molar-refractivity contribution in [2.75, 3.05) is 6.61 Å². The smallest absolute Gasteiger partial charge is 0.223 e. The third-order valence-electron chi connectivity index (χ3n) is 3.66. The zero-order valence-corrected chi connectivity index (χ0v) is 12.6. The fourth-order valence-electron chi connectivity index (χ4n) is 2.35. The van der Waals surface area contributed by atoms with Crippen LogP contribution in [-0.4, -0.2) is 23.7 Å². The van der Waals surface area contributed by atoms with Crippen molar-refractivity contribution in [3.8, 4) is 0 Å². The van der Waals surface area contributed by atoms with Crippen molar-refractivity contribution in [3.05, 3.63) is 35.9 Å². The number of carbonyl (C=O) groups excluding carboxylic acids is 1. The predicted molar refractivity (Wildman–Crippen MR) is 82.5 cm³/mol. The molecule has 0 spiro atoms. The largest absolute Gasteiger partial charge is 0.394 e. The second kappa shape index (κ2) is 9.54. The van der Waals surface area contributed by atoms with E-state index < -0.39 is 0 Å². The van der Waals surface area contributed by atoms with Crippen LogP contribution in [0.3, 0.4) is 0 Å². The van der Waals surface area contributed by atoms with Gasteiger partial charge in [0.05, 0.1) is 12.6 Å². The van der Waals surface area contributed by atoms with Crippen LogP contribution >= 0.6 is 0 Å². The molecule has 0 aliphatic rings. The Labute approximate surface area is 122 Å². The molecule has 1 aromatic carbocycles. The van der Waals surface area contributed by atoms with Crippen molar-refractivity contribution in [2.45, 2.75) is 52.0 Å². The monoisotopic (exact) mass is 277 g/mol. The van der Waals surface area contributed by atoms with E-state index in [2.05, 4.69) is 12.2 Å². The highest BCUT2D eigenvalue weighted by Gasteiger charge is 2.19. The van der Waals surface area contributed by atoms with E-state index in [4.69, 9.17) is 0 Å². The van der Waals surface area contributed by atoms with Gasteiger partial charge in [0.1, 0.15) is 0 Å². The molecule has 0 fully saturated rings. The van der Waals surface area contributed by atoms with Crippen LogP contribution in [0.5, 0.6) is 0 Å². The zero-order valence-electron chi connectivity index (χ0n) is 12.6. The third kappa shape index (κ3) is 5.74. The first-order valence-electron chi connectivity index (χ1n) is 7.66. The molecule has 0 bridgehead atoms. The Hall–Kier alpha value is -1.35. The molecule has 0 aliphatic heterocycles. The number of aliphatic hydroxyl groups is 1. The number of benzene rings is 1. The van der Waals surface area contributed by atoms with Crippen LogP contribution in [0.2, 0.25) is 0 Å². The van der Waals surface area contributed by atoms with E-state index in [-0.39, 0.29) is 24.5 Å². The number of hydrogen-bond acceptors (Lipinski definition) is 2. The Bertz CT molecular complexity index is 378. The number of aliphatic hydroxyl groups excluding tert-OH is 1. The molecule has 0 aromatic heterocycles. The van der Waals surface area contributed by atoms with E-state index in [0.29, 0.717) is 6.42 Å². The average Bonchev–Trinajstić information content (AvgIpc) is 2.48. The standard InChI is InChI=1S/C17H27NO2/c1-3-5-11-15(4-2)17(20)18-16(13-19)12-14-9-7-6-8-10-14/h6-10,15-16,19H,3-5,11-13H2,1-2H3,(H,18,20). The molecule has 20 heavy (non-hydrogen) atoms. The summed E-state index contributed by atoms with van der Waals surface area (Å²) in [7, 11) is 0. The Morgan fingerprint density at radius 2 is 1.95 bits per heavy atom. The van der Waals surface area contributed by atoms with E-state index >= 15 is 0 Å². The van der Waals surface area contributed by atoms with Gasteiger partial charge in [0, 0.05) is 5.92 Å².